The number of rotatable bonds is 8. The van der Waals surface area contributed by atoms with E-state index in [1.807, 2.05) is 30.3 Å². The molecule has 0 unspecified atom stereocenters. The SMILES string of the molecule is O=C(CSCc1ccccc1Cl)N/N=C/c1ccc(OC(=O)c2ccccc2)cc1. The van der Waals surface area contributed by atoms with Crippen molar-refractivity contribution in [1.82, 2.24) is 5.43 Å². The predicted molar refractivity (Wildman–Crippen MR) is 121 cm³/mol. The molecule has 0 aromatic heterocycles. The molecule has 0 saturated heterocycles. The quantitative estimate of drug-likeness (QED) is 0.234. The van der Waals surface area contributed by atoms with Gasteiger partial charge in [0.2, 0.25) is 5.91 Å². The summed E-state index contributed by atoms with van der Waals surface area (Å²) in [6.07, 6.45) is 1.53. The molecule has 0 fully saturated rings. The molecule has 0 aliphatic rings. The number of carbonyl (C=O) groups excluding carboxylic acids is 2. The van der Waals surface area contributed by atoms with Gasteiger partial charge in [0.1, 0.15) is 5.75 Å². The molecule has 0 heterocycles. The average Bonchev–Trinajstić information content (AvgIpc) is 2.77. The largest absolute Gasteiger partial charge is 0.423 e. The highest BCUT2D eigenvalue weighted by Crippen LogP contribution is 2.20. The third-order valence-electron chi connectivity index (χ3n) is 3.95. The lowest BCUT2D eigenvalue weighted by atomic mass is 10.2. The number of hydrogen-bond donors (Lipinski definition) is 1. The molecule has 0 bridgehead atoms. The summed E-state index contributed by atoms with van der Waals surface area (Å²) in [6, 6.07) is 23.2. The Morgan fingerprint density at radius 3 is 2.40 bits per heavy atom. The van der Waals surface area contributed by atoms with Gasteiger partial charge < -0.3 is 4.74 Å². The number of hydrogen-bond acceptors (Lipinski definition) is 5. The van der Waals surface area contributed by atoms with Gasteiger partial charge in [-0.3, -0.25) is 4.79 Å². The molecular formula is C23H19ClN2O3S. The lowest BCUT2D eigenvalue weighted by Crippen LogP contribution is -2.19. The molecule has 0 radical (unpaired) electrons. The van der Waals surface area contributed by atoms with E-state index in [9.17, 15) is 9.59 Å². The zero-order chi connectivity index (χ0) is 21.2. The Balaban J connectivity index is 1.42. The fraction of sp³-hybridized carbons (Fsp3) is 0.0870. The highest BCUT2D eigenvalue weighted by Gasteiger charge is 2.07. The number of halogens is 1. The van der Waals surface area contributed by atoms with E-state index in [4.69, 9.17) is 16.3 Å². The van der Waals surface area contributed by atoms with Gasteiger partial charge in [-0.1, -0.05) is 48.0 Å². The zero-order valence-corrected chi connectivity index (χ0v) is 17.5. The second kappa shape index (κ2) is 11.2. The molecule has 0 aliphatic carbocycles. The maximum Gasteiger partial charge on any atom is 0.343 e. The van der Waals surface area contributed by atoms with Gasteiger partial charge in [-0.15, -0.1) is 11.8 Å². The van der Waals surface area contributed by atoms with E-state index in [1.54, 1.807) is 48.5 Å². The van der Waals surface area contributed by atoms with Crippen LogP contribution in [0.1, 0.15) is 21.5 Å². The second-order valence-corrected chi connectivity index (χ2v) is 7.59. The minimum absolute atomic E-state index is 0.197. The van der Waals surface area contributed by atoms with Crippen molar-refractivity contribution in [3.63, 3.8) is 0 Å². The highest BCUT2D eigenvalue weighted by atomic mass is 35.5. The topological polar surface area (TPSA) is 67.8 Å². The Kier molecular flexibility index (Phi) is 8.06. The minimum atomic E-state index is -0.418. The van der Waals surface area contributed by atoms with Crippen LogP contribution in [0.4, 0.5) is 0 Å². The molecule has 0 saturated carbocycles. The summed E-state index contributed by atoms with van der Waals surface area (Å²) in [5.74, 6) is 0.744. The van der Waals surface area contributed by atoms with E-state index in [2.05, 4.69) is 10.5 Å². The van der Waals surface area contributed by atoms with E-state index in [0.717, 1.165) is 11.1 Å². The molecule has 30 heavy (non-hydrogen) atoms. The molecule has 3 aromatic carbocycles. The smallest absolute Gasteiger partial charge is 0.343 e. The first-order chi connectivity index (χ1) is 14.6. The molecule has 1 amide bonds. The van der Waals surface area contributed by atoms with Crippen molar-refractivity contribution < 1.29 is 14.3 Å². The van der Waals surface area contributed by atoms with E-state index in [0.29, 0.717) is 22.1 Å². The monoisotopic (exact) mass is 438 g/mol. The predicted octanol–water partition coefficient (Wildman–Crippen LogP) is 4.94. The third-order valence-corrected chi connectivity index (χ3v) is 5.30. The van der Waals surface area contributed by atoms with Gasteiger partial charge in [0.25, 0.3) is 0 Å². The van der Waals surface area contributed by atoms with Crippen LogP contribution in [0.3, 0.4) is 0 Å². The van der Waals surface area contributed by atoms with E-state index in [-0.39, 0.29) is 11.7 Å². The molecule has 152 valence electrons. The maximum absolute atomic E-state index is 12.0. The van der Waals surface area contributed by atoms with E-state index >= 15 is 0 Å². The molecule has 1 N–H and O–H groups in total. The van der Waals surface area contributed by atoms with Gasteiger partial charge in [0.15, 0.2) is 0 Å². The lowest BCUT2D eigenvalue weighted by molar-refractivity contribution is -0.118. The van der Waals surface area contributed by atoms with Crippen LogP contribution >= 0.6 is 23.4 Å². The molecule has 3 aromatic rings. The number of thioether (sulfide) groups is 1. The van der Waals surface area contributed by atoms with Crippen LogP contribution in [0, 0.1) is 0 Å². The number of benzene rings is 3. The molecule has 0 atom stereocenters. The first-order valence-corrected chi connectivity index (χ1v) is 10.7. The Morgan fingerprint density at radius 2 is 1.67 bits per heavy atom. The maximum atomic E-state index is 12.0. The van der Waals surface area contributed by atoms with Crippen LogP contribution in [-0.2, 0) is 10.5 Å². The van der Waals surface area contributed by atoms with Crippen molar-refractivity contribution in [3.8, 4) is 5.75 Å². The summed E-state index contributed by atoms with van der Waals surface area (Å²) >= 11 is 7.56. The van der Waals surface area contributed by atoms with Crippen LogP contribution in [0.15, 0.2) is 84.0 Å². The van der Waals surface area contributed by atoms with Gasteiger partial charge >= 0.3 is 5.97 Å². The van der Waals surface area contributed by atoms with Crippen LogP contribution in [0.2, 0.25) is 5.02 Å². The summed E-state index contributed by atoms with van der Waals surface area (Å²) in [5, 5.41) is 4.65. The molecule has 7 heteroatoms. The number of esters is 1. The lowest BCUT2D eigenvalue weighted by Gasteiger charge is -2.04. The van der Waals surface area contributed by atoms with Crippen LogP contribution in [0.5, 0.6) is 5.75 Å². The van der Waals surface area contributed by atoms with Crippen LogP contribution in [0.25, 0.3) is 0 Å². The average molecular weight is 439 g/mol. The van der Waals surface area contributed by atoms with Gasteiger partial charge in [0, 0.05) is 10.8 Å². The zero-order valence-electron chi connectivity index (χ0n) is 16.0. The fourth-order valence-electron chi connectivity index (χ4n) is 2.44. The van der Waals surface area contributed by atoms with Crippen molar-refractivity contribution in [3.05, 3.63) is 101 Å². The van der Waals surface area contributed by atoms with Crippen LogP contribution in [-0.4, -0.2) is 23.8 Å². The number of ether oxygens (including phenoxy) is 1. The Morgan fingerprint density at radius 1 is 0.967 bits per heavy atom. The first-order valence-electron chi connectivity index (χ1n) is 9.12. The van der Waals surface area contributed by atoms with Gasteiger partial charge in [-0.2, -0.15) is 5.10 Å². The molecular weight excluding hydrogens is 420 g/mol. The van der Waals surface area contributed by atoms with E-state index in [1.165, 1.54) is 18.0 Å². The summed E-state index contributed by atoms with van der Waals surface area (Å²) in [5.41, 5.74) is 4.73. The summed E-state index contributed by atoms with van der Waals surface area (Å²) < 4.78 is 5.32. The molecule has 0 aliphatic heterocycles. The van der Waals surface area contributed by atoms with E-state index < -0.39 is 5.97 Å². The van der Waals surface area contributed by atoms with Crippen molar-refractivity contribution in [2.45, 2.75) is 5.75 Å². The fourth-order valence-corrected chi connectivity index (χ4v) is 3.55. The standard InChI is InChI=1S/C23H19ClN2O3S/c24-21-9-5-4-8-19(21)15-30-16-22(27)26-25-14-17-10-12-20(13-11-17)29-23(28)18-6-2-1-3-7-18/h1-14H,15-16H2,(H,26,27)/b25-14+. The Hall–Kier alpha value is -3.09. The van der Waals surface area contributed by atoms with Gasteiger partial charge in [-0.05, 0) is 53.6 Å². The van der Waals surface area contributed by atoms with Crippen molar-refractivity contribution in [2.24, 2.45) is 5.10 Å². The number of hydrazone groups is 1. The number of nitrogens with zero attached hydrogens (tertiary/aromatic N) is 1. The summed E-state index contributed by atoms with van der Waals surface area (Å²) in [4.78, 5) is 23.9. The summed E-state index contributed by atoms with van der Waals surface area (Å²) in [7, 11) is 0. The van der Waals surface area contributed by atoms with Crippen molar-refractivity contribution >= 4 is 41.5 Å². The van der Waals surface area contributed by atoms with Gasteiger partial charge in [-0.25, -0.2) is 10.2 Å². The summed E-state index contributed by atoms with van der Waals surface area (Å²) in [6.45, 7) is 0. The molecule has 5 nitrogen and oxygen atoms in total. The second-order valence-electron chi connectivity index (χ2n) is 6.20. The highest BCUT2D eigenvalue weighted by molar-refractivity contribution is 7.99. The normalized spacial score (nSPS) is 10.7. The molecule has 3 rings (SSSR count). The number of nitrogens with one attached hydrogen (secondary N) is 1. The number of amides is 1. The minimum Gasteiger partial charge on any atom is -0.423 e. The van der Waals surface area contributed by atoms with Crippen LogP contribution < -0.4 is 10.2 Å². The molecule has 0 spiro atoms. The Bertz CT molecular complexity index is 1020. The van der Waals surface area contributed by atoms with Gasteiger partial charge in [0.05, 0.1) is 17.5 Å². The third kappa shape index (κ3) is 6.76. The number of carbonyl (C=O) groups is 2. The van der Waals surface area contributed by atoms with Crippen molar-refractivity contribution in [1.29, 1.82) is 0 Å². The first kappa shape index (κ1) is 21.6. The Labute approximate surface area is 184 Å². The van der Waals surface area contributed by atoms with Crippen molar-refractivity contribution in [2.75, 3.05) is 5.75 Å².